The molecule has 0 bridgehead atoms. The molecule has 1 aliphatic heterocycles. The maximum Gasteiger partial charge on any atom is 0.261 e. The van der Waals surface area contributed by atoms with E-state index in [2.05, 4.69) is 119 Å². The van der Waals surface area contributed by atoms with E-state index in [1.54, 1.807) is 0 Å². The fourth-order valence-electron chi connectivity index (χ4n) is 5.47. The molecule has 2 aromatic heterocycles. The van der Waals surface area contributed by atoms with Crippen LogP contribution in [0.1, 0.15) is 27.7 Å². The molecule has 1 unspecified atom stereocenters. The molecule has 5 rings (SSSR count). The lowest BCUT2D eigenvalue weighted by molar-refractivity contribution is 0.0749. The van der Waals surface area contributed by atoms with Crippen molar-refractivity contribution in [2.45, 2.75) is 45.3 Å². The Bertz CT molecular complexity index is 1360. The van der Waals surface area contributed by atoms with Gasteiger partial charge in [-0.25, -0.2) is 4.98 Å². The van der Waals surface area contributed by atoms with E-state index in [0.29, 0.717) is 49.1 Å². The molecule has 1 fully saturated rings. The first-order valence-electron chi connectivity index (χ1n) is 12.9. The number of halogens is 2. The van der Waals surface area contributed by atoms with Crippen LogP contribution >= 0.6 is 27.5 Å². The number of nitrogens with zero attached hydrogens (tertiary/aromatic N) is 5. The second-order valence-corrected chi connectivity index (χ2v) is 15.9. The fourth-order valence-corrected chi connectivity index (χ4v) is 10.8. The van der Waals surface area contributed by atoms with Gasteiger partial charge in [0.05, 0.1) is 25.9 Å². The molecular formula is C28H33BrClN5O2Si. The Morgan fingerprint density at radius 3 is 2.24 bits per heavy atom. The highest BCUT2D eigenvalue weighted by Gasteiger charge is 2.50. The van der Waals surface area contributed by atoms with Gasteiger partial charge in [0, 0.05) is 13.1 Å². The summed E-state index contributed by atoms with van der Waals surface area (Å²) in [7, 11) is -2.71. The molecule has 0 aliphatic carbocycles. The summed E-state index contributed by atoms with van der Waals surface area (Å²) in [4.78, 5) is 16.1. The number of ether oxygens (including phenoxy) is 1. The van der Waals surface area contributed by atoms with E-state index < -0.39 is 8.32 Å². The van der Waals surface area contributed by atoms with E-state index in [1.165, 1.54) is 10.4 Å². The molecule has 4 aromatic rings. The Morgan fingerprint density at radius 2 is 1.66 bits per heavy atom. The van der Waals surface area contributed by atoms with Gasteiger partial charge in [0.25, 0.3) is 8.32 Å². The zero-order valence-electron chi connectivity index (χ0n) is 22.2. The number of imidazole rings is 1. The van der Waals surface area contributed by atoms with Gasteiger partial charge >= 0.3 is 0 Å². The summed E-state index contributed by atoms with van der Waals surface area (Å²) >= 11 is 10.0. The number of anilines is 1. The van der Waals surface area contributed by atoms with Gasteiger partial charge in [0.15, 0.2) is 21.7 Å². The lowest BCUT2D eigenvalue weighted by Crippen LogP contribution is -2.67. The van der Waals surface area contributed by atoms with Gasteiger partial charge in [-0.15, -0.1) is 0 Å². The van der Waals surface area contributed by atoms with Crippen molar-refractivity contribution in [1.29, 1.82) is 0 Å². The molecule has 0 radical (unpaired) electrons. The Labute approximate surface area is 238 Å². The number of benzene rings is 2. The van der Waals surface area contributed by atoms with E-state index in [4.69, 9.17) is 25.7 Å². The molecule has 2 aromatic carbocycles. The maximum atomic E-state index is 7.26. The zero-order chi connectivity index (χ0) is 26.9. The lowest BCUT2D eigenvalue weighted by atomic mass is 10.2. The van der Waals surface area contributed by atoms with Crippen LogP contribution in [-0.2, 0) is 15.7 Å². The molecule has 1 atom stereocenters. The first kappa shape index (κ1) is 27.3. The topological polar surface area (TPSA) is 65.3 Å². The van der Waals surface area contributed by atoms with Gasteiger partial charge in [-0.1, -0.05) is 81.4 Å². The van der Waals surface area contributed by atoms with Crippen molar-refractivity contribution in [3.63, 3.8) is 0 Å². The Kier molecular flexibility index (Phi) is 7.93. The molecule has 200 valence electrons. The summed E-state index contributed by atoms with van der Waals surface area (Å²) in [5.41, 5.74) is 1.44. The molecular weight excluding hydrogens is 582 g/mol. The minimum atomic E-state index is -2.71. The van der Waals surface area contributed by atoms with Crippen molar-refractivity contribution in [2.75, 3.05) is 31.3 Å². The molecule has 0 spiro atoms. The van der Waals surface area contributed by atoms with Crippen molar-refractivity contribution >= 4 is 63.2 Å². The average molecular weight is 615 g/mol. The van der Waals surface area contributed by atoms with Gasteiger partial charge in [-0.3, -0.25) is 0 Å². The van der Waals surface area contributed by atoms with E-state index >= 15 is 0 Å². The van der Waals surface area contributed by atoms with Gasteiger partial charge < -0.3 is 18.6 Å². The van der Waals surface area contributed by atoms with Crippen LogP contribution in [0, 0.1) is 0 Å². The molecule has 7 nitrogen and oxygen atoms in total. The molecule has 0 saturated carbocycles. The average Bonchev–Trinajstić information content (AvgIpc) is 3.24. The third-order valence-corrected chi connectivity index (χ3v) is 13.0. The first-order valence-corrected chi connectivity index (χ1v) is 16.0. The van der Waals surface area contributed by atoms with Crippen LogP contribution < -0.4 is 15.3 Å². The summed E-state index contributed by atoms with van der Waals surface area (Å²) in [6, 6.07) is 21.3. The first-order chi connectivity index (χ1) is 18.3. The fraction of sp³-hybridized carbons (Fsp3) is 0.393. The highest BCUT2D eigenvalue weighted by atomic mass is 79.9. The van der Waals surface area contributed by atoms with E-state index in [1.807, 2.05) is 4.57 Å². The number of aromatic nitrogens is 4. The van der Waals surface area contributed by atoms with Crippen LogP contribution in [0.15, 0.2) is 65.4 Å². The smallest absolute Gasteiger partial charge is 0.261 e. The molecule has 3 heterocycles. The standard InChI is InChI=1S/C28H33BrClN5O2Si/c1-5-34-24-23(31-26(34)29)25(33-27(30)32-24)35-16-17-36-18-20(35)19-37-38(28(2,3)4,21-12-8-6-9-13-21)22-14-10-7-11-15-22/h6-15,20H,5,16-19H2,1-4H3. The van der Waals surface area contributed by atoms with Crippen molar-refractivity contribution in [3.05, 3.63) is 70.7 Å². The minimum absolute atomic E-state index is 0.0647. The van der Waals surface area contributed by atoms with Crippen LogP contribution in [0.2, 0.25) is 10.3 Å². The molecule has 1 aliphatic rings. The van der Waals surface area contributed by atoms with Crippen LogP contribution in [0.5, 0.6) is 0 Å². The number of fused-ring (bicyclic) bond motifs is 1. The van der Waals surface area contributed by atoms with E-state index in [-0.39, 0.29) is 16.4 Å². The van der Waals surface area contributed by atoms with Gasteiger partial charge in [-0.2, -0.15) is 9.97 Å². The predicted octanol–water partition coefficient (Wildman–Crippen LogP) is 5.04. The van der Waals surface area contributed by atoms with E-state index in [9.17, 15) is 0 Å². The normalized spacial score (nSPS) is 16.8. The van der Waals surface area contributed by atoms with Crippen LogP contribution in [0.3, 0.4) is 0 Å². The molecule has 0 amide bonds. The van der Waals surface area contributed by atoms with Crippen molar-refractivity contribution in [2.24, 2.45) is 0 Å². The number of hydrogen-bond acceptors (Lipinski definition) is 6. The SMILES string of the molecule is CCn1c(Br)nc2c(N3CCOCC3CO[Si](c3ccccc3)(c3ccccc3)C(C)(C)C)nc(Cl)nc21. The minimum Gasteiger partial charge on any atom is -0.405 e. The molecule has 0 N–H and O–H groups in total. The summed E-state index contributed by atoms with van der Waals surface area (Å²) in [6.45, 7) is 11.9. The summed E-state index contributed by atoms with van der Waals surface area (Å²) in [6.07, 6.45) is 0. The summed E-state index contributed by atoms with van der Waals surface area (Å²) < 4.78 is 15.9. The highest BCUT2D eigenvalue weighted by Crippen LogP contribution is 2.37. The molecule has 1 saturated heterocycles. The van der Waals surface area contributed by atoms with E-state index in [0.717, 1.165) is 5.52 Å². The largest absolute Gasteiger partial charge is 0.405 e. The zero-order valence-corrected chi connectivity index (χ0v) is 25.5. The van der Waals surface area contributed by atoms with Crippen LogP contribution in [-0.4, -0.2) is 60.2 Å². The summed E-state index contributed by atoms with van der Waals surface area (Å²) in [5.74, 6) is 0.715. The summed E-state index contributed by atoms with van der Waals surface area (Å²) in [5, 5.41) is 2.58. The number of hydrogen-bond donors (Lipinski definition) is 0. The van der Waals surface area contributed by atoms with Crippen molar-refractivity contribution in [1.82, 2.24) is 19.5 Å². The van der Waals surface area contributed by atoms with Crippen LogP contribution in [0.4, 0.5) is 5.82 Å². The second-order valence-electron chi connectivity index (χ2n) is 10.5. The van der Waals surface area contributed by atoms with Crippen molar-refractivity contribution < 1.29 is 9.16 Å². The predicted molar refractivity (Wildman–Crippen MR) is 159 cm³/mol. The number of morpholine rings is 1. The molecule has 38 heavy (non-hydrogen) atoms. The maximum absolute atomic E-state index is 7.26. The number of aryl methyl sites for hydroxylation is 1. The number of rotatable bonds is 7. The quantitative estimate of drug-likeness (QED) is 0.165. The van der Waals surface area contributed by atoms with Gasteiger partial charge in [0.1, 0.15) is 0 Å². The Morgan fingerprint density at radius 1 is 1.03 bits per heavy atom. The van der Waals surface area contributed by atoms with Crippen LogP contribution in [0.25, 0.3) is 11.2 Å². The van der Waals surface area contributed by atoms with Gasteiger partial charge in [0.2, 0.25) is 5.28 Å². The third kappa shape index (κ3) is 4.91. The third-order valence-electron chi connectivity index (χ3n) is 7.23. The Balaban J connectivity index is 1.56. The Hall–Kier alpha value is -2.30. The highest BCUT2D eigenvalue weighted by molar-refractivity contribution is 9.10. The lowest BCUT2D eigenvalue weighted by Gasteiger charge is -2.45. The second kappa shape index (κ2) is 11.1. The monoisotopic (exact) mass is 613 g/mol. The molecule has 10 heteroatoms. The van der Waals surface area contributed by atoms with Crippen molar-refractivity contribution in [3.8, 4) is 0 Å². The van der Waals surface area contributed by atoms with Gasteiger partial charge in [-0.05, 0) is 49.9 Å².